The van der Waals surface area contributed by atoms with E-state index >= 15 is 0 Å². The first-order chi connectivity index (χ1) is 9.63. The third-order valence-corrected chi connectivity index (χ3v) is 3.94. The Hall–Kier alpha value is -2.29. The normalized spacial score (nSPS) is 13.1. The zero-order valence-corrected chi connectivity index (χ0v) is 11.8. The number of hydrogen-bond acceptors (Lipinski definition) is 3. The van der Waals surface area contributed by atoms with E-state index in [0.29, 0.717) is 12.2 Å². The van der Waals surface area contributed by atoms with Crippen molar-refractivity contribution < 1.29 is 14.3 Å². The van der Waals surface area contributed by atoms with Crippen LogP contribution < -0.4 is 4.74 Å². The molecule has 0 saturated heterocycles. The van der Waals surface area contributed by atoms with Gasteiger partial charge in [-0.2, -0.15) is 0 Å². The highest BCUT2D eigenvalue weighted by Gasteiger charge is 2.25. The van der Waals surface area contributed by atoms with Crippen LogP contribution in [0.5, 0.6) is 5.75 Å². The highest BCUT2D eigenvalue weighted by molar-refractivity contribution is 6.01. The fourth-order valence-electron chi connectivity index (χ4n) is 2.70. The molecule has 1 aliphatic heterocycles. The first kappa shape index (κ1) is 12.7. The quantitative estimate of drug-likeness (QED) is 0.741. The molecule has 0 fully saturated rings. The molecule has 102 valence electrons. The van der Waals surface area contributed by atoms with Gasteiger partial charge in [-0.05, 0) is 42.2 Å². The molecule has 3 rings (SSSR count). The molecule has 2 aromatic rings. The summed E-state index contributed by atoms with van der Waals surface area (Å²) in [6.07, 6.45) is 0. The van der Waals surface area contributed by atoms with Crippen LogP contribution in [0.25, 0.3) is 11.1 Å². The van der Waals surface area contributed by atoms with Gasteiger partial charge in [0.15, 0.2) is 0 Å². The van der Waals surface area contributed by atoms with Crippen molar-refractivity contribution in [3.05, 3.63) is 52.6 Å². The van der Waals surface area contributed by atoms with Gasteiger partial charge in [-0.15, -0.1) is 0 Å². The van der Waals surface area contributed by atoms with Crippen LogP contribution in [0.1, 0.15) is 27.0 Å². The number of hydrogen-bond donors (Lipinski definition) is 0. The van der Waals surface area contributed by atoms with E-state index in [-0.39, 0.29) is 5.97 Å². The first-order valence-electron chi connectivity index (χ1n) is 6.57. The van der Waals surface area contributed by atoms with Crippen molar-refractivity contribution in [1.82, 2.24) is 0 Å². The summed E-state index contributed by atoms with van der Waals surface area (Å²) >= 11 is 0. The van der Waals surface area contributed by atoms with Crippen LogP contribution in [-0.2, 0) is 11.3 Å². The van der Waals surface area contributed by atoms with E-state index in [1.54, 1.807) is 7.11 Å². The minimum atomic E-state index is -0.264. The minimum absolute atomic E-state index is 0.264. The molecule has 3 nitrogen and oxygen atoms in total. The summed E-state index contributed by atoms with van der Waals surface area (Å²) in [5.41, 5.74) is 5.49. The predicted octanol–water partition coefficient (Wildman–Crippen LogP) is 3.65. The fourth-order valence-corrected chi connectivity index (χ4v) is 2.70. The number of carbonyl (C=O) groups excluding carboxylic acids is 1. The lowest BCUT2D eigenvalue weighted by atomic mass is 9.91. The lowest BCUT2D eigenvalue weighted by molar-refractivity contribution is 0.0478. The summed E-state index contributed by atoms with van der Waals surface area (Å²) in [4.78, 5) is 12.3. The molecule has 0 bridgehead atoms. The van der Waals surface area contributed by atoms with Crippen molar-refractivity contribution in [3.63, 3.8) is 0 Å². The summed E-state index contributed by atoms with van der Waals surface area (Å²) in [5, 5.41) is 0. The summed E-state index contributed by atoms with van der Waals surface area (Å²) in [5.74, 6) is 0.533. The third kappa shape index (κ3) is 1.78. The van der Waals surface area contributed by atoms with Gasteiger partial charge in [-0.3, -0.25) is 0 Å². The van der Waals surface area contributed by atoms with Gasteiger partial charge in [-0.1, -0.05) is 24.3 Å². The van der Waals surface area contributed by atoms with Gasteiger partial charge >= 0.3 is 5.97 Å². The van der Waals surface area contributed by atoms with Crippen LogP contribution in [0.15, 0.2) is 30.3 Å². The number of fused-ring (bicyclic) bond motifs is 3. The minimum Gasteiger partial charge on any atom is -0.496 e. The van der Waals surface area contributed by atoms with Gasteiger partial charge in [-0.25, -0.2) is 4.79 Å². The Morgan fingerprint density at radius 1 is 1.10 bits per heavy atom. The molecule has 0 radical (unpaired) electrons. The lowest BCUT2D eigenvalue weighted by Gasteiger charge is -2.15. The second-order valence-corrected chi connectivity index (χ2v) is 4.98. The van der Waals surface area contributed by atoms with E-state index in [2.05, 4.69) is 0 Å². The number of methoxy groups -OCH3 is 1. The molecule has 0 aliphatic carbocycles. The maximum atomic E-state index is 12.3. The highest BCUT2D eigenvalue weighted by Crippen LogP contribution is 2.38. The van der Waals surface area contributed by atoms with Gasteiger partial charge in [0.2, 0.25) is 0 Å². The zero-order chi connectivity index (χ0) is 14.3. The van der Waals surface area contributed by atoms with Crippen molar-refractivity contribution in [2.75, 3.05) is 7.11 Å². The molecule has 0 aromatic heterocycles. The molecule has 2 aromatic carbocycles. The number of esters is 1. The predicted molar refractivity (Wildman–Crippen MR) is 77.0 cm³/mol. The van der Waals surface area contributed by atoms with Crippen LogP contribution in [0.2, 0.25) is 0 Å². The average Bonchev–Trinajstić information content (AvgIpc) is 2.60. The zero-order valence-electron chi connectivity index (χ0n) is 11.8. The third-order valence-electron chi connectivity index (χ3n) is 3.94. The standard InChI is InChI=1S/C17H16O3/c1-10-11(2)16-14(8-15(10)19-3)13-7-5-4-6-12(13)9-20-17(16)18/h4-8H,9H2,1-3H3. The van der Waals surface area contributed by atoms with Gasteiger partial charge in [0.05, 0.1) is 12.7 Å². The fraction of sp³-hybridized carbons (Fsp3) is 0.235. The molecular weight excluding hydrogens is 252 g/mol. The molecular formula is C17H16O3. The van der Waals surface area contributed by atoms with Crippen molar-refractivity contribution >= 4 is 5.97 Å². The van der Waals surface area contributed by atoms with Crippen molar-refractivity contribution in [3.8, 4) is 16.9 Å². The van der Waals surface area contributed by atoms with E-state index in [9.17, 15) is 4.79 Å². The molecule has 0 saturated carbocycles. The molecule has 0 N–H and O–H groups in total. The van der Waals surface area contributed by atoms with E-state index in [1.165, 1.54) is 0 Å². The van der Waals surface area contributed by atoms with E-state index in [4.69, 9.17) is 9.47 Å². The van der Waals surface area contributed by atoms with E-state index in [0.717, 1.165) is 33.6 Å². The van der Waals surface area contributed by atoms with Crippen molar-refractivity contribution in [2.24, 2.45) is 0 Å². The summed E-state index contributed by atoms with van der Waals surface area (Å²) in [7, 11) is 1.65. The maximum Gasteiger partial charge on any atom is 0.339 e. The SMILES string of the molecule is COc1cc2c(c(C)c1C)C(=O)OCc1ccccc1-2. The number of carbonyl (C=O) groups is 1. The molecule has 1 aliphatic rings. The van der Waals surface area contributed by atoms with Gasteiger partial charge in [0, 0.05) is 5.56 Å². The number of cyclic esters (lactones) is 1. The van der Waals surface area contributed by atoms with Crippen LogP contribution in [0.4, 0.5) is 0 Å². The second-order valence-electron chi connectivity index (χ2n) is 4.98. The molecule has 0 amide bonds. The second kappa shape index (κ2) is 4.67. The Bertz CT molecular complexity index is 702. The Balaban J connectivity index is 2.39. The van der Waals surface area contributed by atoms with Crippen LogP contribution in [0.3, 0.4) is 0 Å². The smallest absolute Gasteiger partial charge is 0.339 e. The number of rotatable bonds is 1. The van der Waals surface area contributed by atoms with E-state index < -0.39 is 0 Å². The van der Waals surface area contributed by atoms with Crippen LogP contribution in [-0.4, -0.2) is 13.1 Å². The summed E-state index contributed by atoms with van der Waals surface area (Å²) in [6.45, 7) is 4.20. The topological polar surface area (TPSA) is 35.5 Å². The molecule has 1 heterocycles. The number of ether oxygens (including phenoxy) is 2. The Kier molecular flexibility index (Phi) is 2.97. The largest absolute Gasteiger partial charge is 0.496 e. The highest BCUT2D eigenvalue weighted by atomic mass is 16.5. The Labute approximate surface area is 118 Å². The summed E-state index contributed by atoms with van der Waals surface area (Å²) in [6, 6.07) is 9.86. The monoisotopic (exact) mass is 268 g/mol. The molecule has 0 spiro atoms. The Morgan fingerprint density at radius 2 is 1.85 bits per heavy atom. The number of benzene rings is 2. The van der Waals surface area contributed by atoms with Crippen LogP contribution in [0, 0.1) is 13.8 Å². The van der Waals surface area contributed by atoms with Gasteiger partial charge < -0.3 is 9.47 Å². The molecule has 3 heteroatoms. The van der Waals surface area contributed by atoms with Gasteiger partial charge in [0.25, 0.3) is 0 Å². The molecule has 20 heavy (non-hydrogen) atoms. The first-order valence-corrected chi connectivity index (χ1v) is 6.57. The van der Waals surface area contributed by atoms with E-state index in [1.807, 2.05) is 44.2 Å². The lowest BCUT2D eigenvalue weighted by Crippen LogP contribution is -2.07. The maximum absolute atomic E-state index is 12.3. The van der Waals surface area contributed by atoms with Crippen LogP contribution >= 0.6 is 0 Å². The van der Waals surface area contributed by atoms with Crippen molar-refractivity contribution in [2.45, 2.75) is 20.5 Å². The average molecular weight is 268 g/mol. The summed E-state index contributed by atoms with van der Waals surface area (Å²) < 4.78 is 10.8. The molecule has 0 unspecified atom stereocenters. The van der Waals surface area contributed by atoms with Crippen molar-refractivity contribution in [1.29, 1.82) is 0 Å². The Morgan fingerprint density at radius 3 is 2.60 bits per heavy atom. The molecule has 0 atom stereocenters. The van der Waals surface area contributed by atoms with Gasteiger partial charge in [0.1, 0.15) is 12.4 Å².